The van der Waals surface area contributed by atoms with Crippen LogP contribution in [0.2, 0.25) is 0 Å². The molecule has 0 saturated carbocycles. The summed E-state index contributed by atoms with van der Waals surface area (Å²) in [7, 11) is 4.01. The molecule has 0 spiro atoms. The summed E-state index contributed by atoms with van der Waals surface area (Å²) in [4.78, 5) is 37.8. The van der Waals surface area contributed by atoms with Crippen molar-refractivity contribution in [1.29, 1.82) is 0 Å². The fourth-order valence-corrected chi connectivity index (χ4v) is 3.69. The minimum absolute atomic E-state index is 0.00686. The molecule has 4 rings (SSSR count). The lowest BCUT2D eigenvalue weighted by atomic mass is 9.88. The molecule has 0 aliphatic carbocycles. The van der Waals surface area contributed by atoms with Crippen LogP contribution >= 0.6 is 0 Å². The standard InChI is InChI=1S/C21H18N6O7/c1-32-14-9-8-11(10-15(14)33-2)19(28)16-17(20(29)34-3)22-21-23-24-25-26(21)18(16)12-6-4-5-7-13(12)27(30)31/h4-10,18H,1-3H3,(H,22,23,25)/t18-/m0/s1. The quantitative estimate of drug-likeness (QED) is 0.234. The number of Topliss-reactive ketones (excluding diaryl/α,β-unsaturated/α-hetero) is 1. The van der Waals surface area contributed by atoms with Crippen molar-refractivity contribution in [2.75, 3.05) is 26.6 Å². The van der Waals surface area contributed by atoms with Gasteiger partial charge in [-0.25, -0.2) is 4.79 Å². The molecule has 0 saturated heterocycles. The van der Waals surface area contributed by atoms with E-state index in [-0.39, 0.29) is 39.8 Å². The highest BCUT2D eigenvalue weighted by molar-refractivity contribution is 6.15. The van der Waals surface area contributed by atoms with Crippen molar-refractivity contribution >= 4 is 23.4 Å². The Morgan fingerprint density at radius 1 is 1.09 bits per heavy atom. The number of para-hydroxylation sites is 1. The minimum atomic E-state index is -1.21. The maximum Gasteiger partial charge on any atom is 0.355 e. The van der Waals surface area contributed by atoms with Crippen LogP contribution in [0.5, 0.6) is 11.5 Å². The molecule has 0 radical (unpaired) electrons. The van der Waals surface area contributed by atoms with Gasteiger partial charge in [0.15, 0.2) is 17.3 Å². The van der Waals surface area contributed by atoms with E-state index >= 15 is 0 Å². The average Bonchev–Trinajstić information content (AvgIpc) is 3.34. The molecule has 3 aromatic rings. The van der Waals surface area contributed by atoms with Crippen LogP contribution in [0.4, 0.5) is 11.6 Å². The third-order valence-electron chi connectivity index (χ3n) is 5.22. The first-order valence-corrected chi connectivity index (χ1v) is 9.78. The van der Waals surface area contributed by atoms with Crippen molar-refractivity contribution in [1.82, 2.24) is 20.2 Å². The molecule has 0 fully saturated rings. The maximum atomic E-state index is 13.8. The van der Waals surface area contributed by atoms with E-state index in [1.807, 2.05) is 0 Å². The lowest BCUT2D eigenvalue weighted by Gasteiger charge is -2.28. The Bertz CT molecular complexity index is 1330. The zero-order valence-electron chi connectivity index (χ0n) is 18.2. The predicted molar refractivity (Wildman–Crippen MR) is 116 cm³/mol. The number of allylic oxidation sites excluding steroid dienone is 1. The summed E-state index contributed by atoms with van der Waals surface area (Å²) >= 11 is 0. The van der Waals surface area contributed by atoms with Crippen LogP contribution in [-0.2, 0) is 9.53 Å². The van der Waals surface area contributed by atoms with Gasteiger partial charge in [0.05, 0.1) is 37.4 Å². The van der Waals surface area contributed by atoms with E-state index in [1.165, 1.54) is 55.3 Å². The van der Waals surface area contributed by atoms with Crippen LogP contribution < -0.4 is 14.8 Å². The predicted octanol–water partition coefficient (Wildman–Crippen LogP) is 1.92. The van der Waals surface area contributed by atoms with E-state index in [0.29, 0.717) is 5.75 Å². The number of nitro groups is 1. The Labute approximate surface area is 192 Å². The molecule has 2 aromatic carbocycles. The molecule has 1 aliphatic heterocycles. The molecule has 0 amide bonds. The SMILES string of the molecule is COC(=O)C1=C(C(=O)c2ccc(OC)c(OC)c2)[C@H](c2ccccc2[N+](=O)[O-])n2nnnc2N1. The zero-order valence-corrected chi connectivity index (χ0v) is 18.2. The van der Waals surface area contributed by atoms with Crippen molar-refractivity contribution < 1.29 is 28.7 Å². The number of tetrazole rings is 1. The maximum absolute atomic E-state index is 13.8. The number of methoxy groups -OCH3 is 3. The van der Waals surface area contributed by atoms with Crippen LogP contribution in [0.1, 0.15) is 22.0 Å². The number of anilines is 1. The molecule has 0 unspecified atom stereocenters. The molecule has 1 N–H and O–H groups in total. The van der Waals surface area contributed by atoms with Gasteiger partial charge in [0.25, 0.3) is 5.69 Å². The molecule has 1 atom stereocenters. The summed E-state index contributed by atoms with van der Waals surface area (Å²) in [5, 5.41) is 25.8. The number of nitrogens with zero attached hydrogens (tertiary/aromatic N) is 5. The summed E-state index contributed by atoms with van der Waals surface area (Å²) in [5.41, 5.74) is -0.428. The van der Waals surface area contributed by atoms with Crippen molar-refractivity contribution in [3.63, 3.8) is 0 Å². The fourth-order valence-electron chi connectivity index (χ4n) is 3.69. The summed E-state index contributed by atoms with van der Waals surface area (Å²) in [6.07, 6.45) is 0. The number of aromatic nitrogens is 4. The van der Waals surface area contributed by atoms with Crippen LogP contribution in [0.3, 0.4) is 0 Å². The Morgan fingerprint density at radius 2 is 1.82 bits per heavy atom. The summed E-state index contributed by atoms with van der Waals surface area (Å²) in [5.74, 6) is -0.823. The van der Waals surface area contributed by atoms with Gasteiger partial charge in [0, 0.05) is 11.6 Å². The highest BCUT2D eigenvalue weighted by Gasteiger charge is 2.41. The van der Waals surface area contributed by atoms with Crippen molar-refractivity contribution in [3.8, 4) is 11.5 Å². The number of fused-ring (bicyclic) bond motifs is 1. The van der Waals surface area contributed by atoms with Crippen LogP contribution in [0.25, 0.3) is 0 Å². The molecular formula is C21H18N6O7. The van der Waals surface area contributed by atoms with Gasteiger partial charge in [-0.05, 0) is 34.7 Å². The second kappa shape index (κ2) is 8.97. The molecule has 1 aromatic heterocycles. The number of ether oxygens (including phenoxy) is 3. The number of ketones is 1. The van der Waals surface area contributed by atoms with Crippen molar-refractivity contribution in [3.05, 3.63) is 75.0 Å². The number of benzene rings is 2. The van der Waals surface area contributed by atoms with E-state index in [9.17, 15) is 19.7 Å². The van der Waals surface area contributed by atoms with Crippen molar-refractivity contribution in [2.24, 2.45) is 0 Å². The molecule has 0 bridgehead atoms. The first-order valence-electron chi connectivity index (χ1n) is 9.78. The highest BCUT2D eigenvalue weighted by atomic mass is 16.6. The Morgan fingerprint density at radius 3 is 2.50 bits per heavy atom. The van der Waals surface area contributed by atoms with E-state index in [2.05, 4.69) is 20.8 Å². The van der Waals surface area contributed by atoms with E-state index in [0.717, 1.165) is 7.11 Å². The zero-order chi connectivity index (χ0) is 24.4. The lowest BCUT2D eigenvalue weighted by molar-refractivity contribution is -0.385. The monoisotopic (exact) mass is 466 g/mol. The van der Waals surface area contributed by atoms with E-state index < -0.39 is 22.7 Å². The van der Waals surface area contributed by atoms with Gasteiger partial charge in [-0.15, -0.1) is 0 Å². The number of carbonyl (C=O) groups is 2. The normalized spacial score (nSPS) is 14.6. The highest BCUT2D eigenvalue weighted by Crippen LogP contribution is 2.40. The Balaban J connectivity index is 1.99. The van der Waals surface area contributed by atoms with Gasteiger partial charge in [-0.3, -0.25) is 14.9 Å². The number of nitrogens with one attached hydrogen (secondary N) is 1. The molecule has 34 heavy (non-hydrogen) atoms. The fraction of sp³-hybridized carbons (Fsp3) is 0.190. The average molecular weight is 466 g/mol. The van der Waals surface area contributed by atoms with Crippen LogP contribution in [0, 0.1) is 10.1 Å². The molecule has 2 heterocycles. The van der Waals surface area contributed by atoms with Gasteiger partial charge in [0.2, 0.25) is 5.95 Å². The summed E-state index contributed by atoms with van der Waals surface area (Å²) in [6, 6.07) is 9.07. The second-order valence-electron chi connectivity index (χ2n) is 6.97. The number of esters is 1. The summed E-state index contributed by atoms with van der Waals surface area (Å²) in [6.45, 7) is 0. The number of nitro benzene ring substituents is 1. The second-order valence-corrected chi connectivity index (χ2v) is 6.97. The lowest BCUT2D eigenvalue weighted by Crippen LogP contribution is -2.33. The van der Waals surface area contributed by atoms with Gasteiger partial charge in [0.1, 0.15) is 11.7 Å². The van der Waals surface area contributed by atoms with Crippen molar-refractivity contribution in [2.45, 2.75) is 6.04 Å². The Hall–Kier alpha value is -4.81. The largest absolute Gasteiger partial charge is 0.493 e. The van der Waals surface area contributed by atoms with Gasteiger partial charge in [-0.2, -0.15) is 4.68 Å². The number of carbonyl (C=O) groups excluding carboxylic acids is 2. The third kappa shape index (κ3) is 3.68. The Kier molecular flexibility index (Phi) is 5.91. The number of hydrogen-bond donors (Lipinski definition) is 1. The molecule has 13 nitrogen and oxygen atoms in total. The molecule has 1 aliphatic rings. The number of rotatable bonds is 7. The summed E-state index contributed by atoms with van der Waals surface area (Å²) < 4.78 is 16.6. The third-order valence-corrected chi connectivity index (χ3v) is 5.22. The smallest absolute Gasteiger partial charge is 0.355 e. The van der Waals surface area contributed by atoms with Gasteiger partial charge >= 0.3 is 5.97 Å². The molecule has 174 valence electrons. The van der Waals surface area contributed by atoms with E-state index in [4.69, 9.17) is 14.2 Å². The molecular weight excluding hydrogens is 448 g/mol. The number of hydrogen-bond acceptors (Lipinski definition) is 11. The van der Waals surface area contributed by atoms with Gasteiger partial charge < -0.3 is 19.5 Å². The van der Waals surface area contributed by atoms with E-state index in [1.54, 1.807) is 6.07 Å². The minimum Gasteiger partial charge on any atom is -0.493 e. The van der Waals surface area contributed by atoms with Crippen LogP contribution in [-0.4, -0.2) is 58.2 Å². The topological polar surface area (TPSA) is 161 Å². The van der Waals surface area contributed by atoms with Crippen LogP contribution in [0.15, 0.2) is 53.7 Å². The first kappa shape index (κ1) is 22.4. The first-order chi connectivity index (χ1) is 16.4. The molecule has 13 heteroatoms. The van der Waals surface area contributed by atoms with Gasteiger partial charge in [-0.1, -0.05) is 17.2 Å².